The minimum atomic E-state index is -4.94. The van der Waals surface area contributed by atoms with Crippen molar-refractivity contribution in [3.05, 3.63) is 53.6 Å². The molecule has 0 aliphatic rings. The second-order valence-corrected chi connectivity index (χ2v) is 10.7. The highest BCUT2D eigenvalue weighted by Gasteiger charge is 2.38. The van der Waals surface area contributed by atoms with Gasteiger partial charge in [-0.3, -0.25) is 9.12 Å². The number of benzene rings is 2. The second-order valence-electron chi connectivity index (χ2n) is 6.93. The quantitative estimate of drug-likeness (QED) is 0.375. The molecular weight excluding hydrogens is 415 g/mol. The Hall–Kier alpha value is -1.70. The maximum absolute atomic E-state index is 11.3. The third-order valence-corrected chi connectivity index (χ3v) is 8.26. The smallest absolute Gasteiger partial charge is 0.346 e. The van der Waals surface area contributed by atoms with Crippen molar-refractivity contribution in [2.45, 2.75) is 44.0 Å². The number of methoxy groups -OCH3 is 1. The Kier molecular flexibility index (Phi) is 8.02. The van der Waals surface area contributed by atoms with Crippen molar-refractivity contribution in [1.29, 1.82) is 0 Å². The van der Waals surface area contributed by atoms with E-state index in [9.17, 15) is 13.0 Å². The zero-order valence-corrected chi connectivity index (χ0v) is 18.2. The molecule has 9 heteroatoms. The van der Waals surface area contributed by atoms with Gasteiger partial charge in [-0.15, -0.1) is 0 Å². The fraction of sp³-hybridized carbons (Fsp3) is 0.400. The Labute approximate surface area is 171 Å². The van der Waals surface area contributed by atoms with Gasteiger partial charge in [0.1, 0.15) is 5.75 Å². The minimum Gasteiger partial charge on any atom is -0.496 e. The number of hydrogen-bond donors (Lipinski definition) is 3. The van der Waals surface area contributed by atoms with Crippen LogP contribution in [0.15, 0.2) is 42.5 Å². The van der Waals surface area contributed by atoms with Gasteiger partial charge in [0.2, 0.25) is 0 Å². The molecule has 160 valence electrons. The molecule has 0 radical (unpaired) electrons. The molecule has 29 heavy (non-hydrogen) atoms. The molecular formula is C20H27O7PS. The summed E-state index contributed by atoms with van der Waals surface area (Å²) in [5.41, 5.74) is 4.05. The zero-order chi connectivity index (χ0) is 21.7. The molecule has 2 aromatic rings. The number of hydrogen-bond acceptors (Lipinski definition) is 4. The van der Waals surface area contributed by atoms with Gasteiger partial charge in [-0.05, 0) is 48.4 Å². The SMILES string of the molecule is CCCc1ccc(-c2ccc(CCCC(P(=O)(O)O)S(=O)(=O)O)cc2)c(OC)c1. The summed E-state index contributed by atoms with van der Waals surface area (Å²) in [5, 5.41) is 0. The van der Waals surface area contributed by atoms with Gasteiger partial charge in [0.25, 0.3) is 10.1 Å². The van der Waals surface area contributed by atoms with E-state index >= 15 is 0 Å². The molecule has 7 nitrogen and oxygen atoms in total. The predicted molar refractivity (Wildman–Crippen MR) is 113 cm³/mol. The molecule has 0 saturated carbocycles. The first-order chi connectivity index (χ1) is 13.6. The van der Waals surface area contributed by atoms with Crippen LogP contribution in [0.5, 0.6) is 5.75 Å². The molecule has 0 bridgehead atoms. The molecule has 3 N–H and O–H groups in total. The molecule has 1 unspecified atom stereocenters. The lowest BCUT2D eigenvalue weighted by atomic mass is 9.99. The van der Waals surface area contributed by atoms with E-state index in [0.717, 1.165) is 35.3 Å². The maximum Gasteiger partial charge on any atom is 0.346 e. The van der Waals surface area contributed by atoms with E-state index < -0.39 is 22.7 Å². The van der Waals surface area contributed by atoms with E-state index in [1.165, 1.54) is 5.56 Å². The van der Waals surface area contributed by atoms with Crippen molar-refractivity contribution in [3.8, 4) is 16.9 Å². The van der Waals surface area contributed by atoms with Crippen LogP contribution in [0.2, 0.25) is 0 Å². The molecule has 2 rings (SSSR count). The minimum absolute atomic E-state index is 0.212. The Morgan fingerprint density at radius 3 is 2.17 bits per heavy atom. The largest absolute Gasteiger partial charge is 0.496 e. The summed E-state index contributed by atoms with van der Waals surface area (Å²) in [5.74, 6) is 0.793. The third-order valence-electron chi connectivity index (χ3n) is 4.71. The van der Waals surface area contributed by atoms with Crippen LogP contribution in [0.25, 0.3) is 11.1 Å². The molecule has 2 aromatic carbocycles. The van der Waals surface area contributed by atoms with Gasteiger partial charge in [-0.25, -0.2) is 0 Å². The topological polar surface area (TPSA) is 121 Å². The Balaban J connectivity index is 2.08. The van der Waals surface area contributed by atoms with Crippen molar-refractivity contribution in [3.63, 3.8) is 0 Å². The summed E-state index contributed by atoms with van der Waals surface area (Å²) in [4.78, 5) is 16.2. The number of rotatable bonds is 10. The summed E-state index contributed by atoms with van der Waals surface area (Å²) >= 11 is 0. The van der Waals surface area contributed by atoms with Gasteiger partial charge in [0.05, 0.1) is 7.11 Å². The fourth-order valence-corrected chi connectivity index (χ4v) is 5.61. The van der Waals surface area contributed by atoms with Crippen molar-refractivity contribution in [2.75, 3.05) is 7.11 Å². The Morgan fingerprint density at radius 1 is 1.03 bits per heavy atom. The van der Waals surface area contributed by atoms with E-state index in [-0.39, 0.29) is 12.8 Å². The average Bonchev–Trinajstić information content (AvgIpc) is 2.64. The van der Waals surface area contributed by atoms with E-state index in [0.29, 0.717) is 6.42 Å². The first kappa shape index (κ1) is 23.6. The standard InChI is InChI=1S/C20H27O7PS/c1-3-5-16-10-13-18(19(14-16)27-2)17-11-8-15(9-12-17)6-4-7-20(28(21,22)23)29(24,25)26/h8-14,20H,3-7H2,1-2H3,(H2,21,22,23)(H,24,25,26). The maximum atomic E-state index is 11.3. The third kappa shape index (κ3) is 6.66. The van der Waals surface area contributed by atoms with Gasteiger partial charge in [0, 0.05) is 5.56 Å². The predicted octanol–water partition coefficient (Wildman–Crippen LogP) is 4.03. The molecule has 0 heterocycles. The monoisotopic (exact) mass is 442 g/mol. The molecule has 0 spiro atoms. The van der Waals surface area contributed by atoms with Crippen LogP contribution in [0.4, 0.5) is 0 Å². The normalized spacial score (nSPS) is 13.3. The van der Waals surface area contributed by atoms with Crippen molar-refractivity contribution < 1.29 is 32.1 Å². The van der Waals surface area contributed by atoms with E-state index in [1.54, 1.807) is 7.11 Å². The Bertz CT molecular complexity index is 965. The number of ether oxygens (including phenoxy) is 1. The van der Waals surface area contributed by atoms with Crippen molar-refractivity contribution in [1.82, 2.24) is 0 Å². The van der Waals surface area contributed by atoms with Crippen LogP contribution in [-0.2, 0) is 27.5 Å². The molecule has 1 atom stereocenters. The molecule has 0 fully saturated rings. The highest BCUT2D eigenvalue weighted by Crippen LogP contribution is 2.46. The van der Waals surface area contributed by atoms with Crippen LogP contribution in [0.3, 0.4) is 0 Å². The summed E-state index contributed by atoms with van der Waals surface area (Å²) in [6.07, 6.45) is 2.35. The molecule has 0 aromatic heterocycles. The summed E-state index contributed by atoms with van der Waals surface area (Å²) in [6, 6.07) is 13.8. The second kappa shape index (κ2) is 9.87. The summed E-state index contributed by atoms with van der Waals surface area (Å²) < 4.78 is 48.2. The van der Waals surface area contributed by atoms with Gasteiger partial charge >= 0.3 is 7.60 Å². The molecule has 0 saturated heterocycles. The molecule has 0 amide bonds. The highest BCUT2D eigenvalue weighted by molar-refractivity contribution is 7.93. The van der Waals surface area contributed by atoms with E-state index in [4.69, 9.17) is 19.1 Å². The van der Waals surface area contributed by atoms with E-state index in [1.807, 2.05) is 36.4 Å². The average molecular weight is 442 g/mol. The summed E-state index contributed by atoms with van der Waals surface area (Å²) in [6.45, 7) is 2.12. The lowest BCUT2D eigenvalue weighted by molar-refractivity contribution is 0.360. The first-order valence-electron chi connectivity index (χ1n) is 9.34. The van der Waals surface area contributed by atoms with Crippen LogP contribution in [0, 0.1) is 0 Å². The van der Waals surface area contributed by atoms with Gasteiger partial charge < -0.3 is 14.5 Å². The zero-order valence-electron chi connectivity index (χ0n) is 16.5. The lowest BCUT2D eigenvalue weighted by Gasteiger charge is -2.15. The van der Waals surface area contributed by atoms with Crippen LogP contribution in [-0.4, -0.2) is 34.9 Å². The lowest BCUT2D eigenvalue weighted by Crippen LogP contribution is -2.20. The van der Waals surface area contributed by atoms with E-state index in [2.05, 4.69) is 13.0 Å². The highest BCUT2D eigenvalue weighted by atomic mass is 32.2. The summed E-state index contributed by atoms with van der Waals surface area (Å²) in [7, 11) is -8.11. The Morgan fingerprint density at radius 2 is 1.66 bits per heavy atom. The van der Waals surface area contributed by atoms with Gasteiger partial charge in [-0.1, -0.05) is 49.7 Å². The van der Waals surface area contributed by atoms with Crippen LogP contribution in [0.1, 0.15) is 37.3 Å². The fourth-order valence-electron chi connectivity index (χ4n) is 3.24. The van der Waals surface area contributed by atoms with Gasteiger partial charge in [0.15, 0.2) is 4.99 Å². The number of aryl methyl sites for hydroxylation is 2. The van der Waals surface area contributed by atoms with Crippen molar-refractivity contribution >= 4 is 17.7 Å². The van der Waals surface area contributed by atoms with Crippen LogP contribution >= 0.6 is 7.60 Å². The van der Waals surface area contributed by atoms with Gasteiger partial charge in [-0.2, -0.15) is 8.42 Å². The molecule has 0 aliphatic carbocycles. The first-order valence-corrected chi connectivity index (χ1v) is 12.5. The van der Waals surface area contributed by atoms with Crippen LogP contribution < -0.4 is 4.74 Å². The van der Waals surface area contributed by atoms with Crippen molar-refractivity contribution in [2.24, 2.45) is 0 Å². The molecule has 0 aliphatic heterocycles.